The minimum absolute atomic E-state index is 0.0191. The molecule has 0 spiro atoms. The van der Waals surface area contributed by atoms with Crippen molar-refractivity contribution in [2.24, 2.45) is 0 Å². The van der Waals surface area contributed by atoms with Crippen molar-refractivity contribution >= 4 is 50.4 Å². The molecule has 0 unspecified atom stereocenters. The van der Waals surface area contributed by atoms with Crippen molar-refractivity contribution in [3.05, 3.63) is 45.8 Å². The van der Waals surface area contributed by atoms with Crippen LogP contribution in [0.3, 0.4) is 0 Å². The molecule has 0 saturated heterocycles. The lowest BCUT2D eigenvalue weighted by molar-refractivity contribution is 0.101. The highest BCUT2D eigenvalue weighted by molar-refractivity contribution is 7.21. The number of rotatable bonds is 4. The van der Waals surface area contributed by atoms with E-state index in [-0.39, 0.29) is 29.1 Å². The van der Waals surface area contributed by atoms with Crippen molar-refractivity contribution in [2.45, 2.75) is 26.7 Å². The summed E-state index contributed by atoms with van der Waals surface area (Å²) in [5.74, 6) is -0.325. The Kier molecular flexibility index (Phi) is 5.03. The minimum atomic E-state index is -0.386. The molecule has 28 heavy (non-hydrogen) atoms. The molecular formula is C20H19N5O2S. The third-order valence-electron chi connectivity index (χ3n) is 4.39. The maximum atomic E-state index is 12.8. The highest BCUT2D eigenvalue weighted by Gasteiger charge is 2.24. The Morgan fingerprint density at radius 1 is 1.21 bits per heavy atom. The number of benzene rings is 1. The molecule has 1 amide bonds. The first kappa shape index (κ1) is 19.3. The molecule has 0 atom stereocenters. The zero-order chi connectivity index (χ0) is 20.6. The number of carbonyl (C=O) groups is 2. The number of aromatic nitrogens is 1. The van der Waals surface area contributed by atoms with Gasteiger partial charge in [-0.1, -0.05) is 13.8 Å². The van der Waals surface area contributed by atoms with Gasteiger partial charge in [0.2, 0.25) is 0 Å². The summed E-state index contributed by atoms with van der Waals surface area (Å²) < 4.78 is 0. The molecule has 0 radical (unpaired) electrons. The Morgan fingerprint density at radius 2 is 1.86 bits per heavy atom. The fraction of sp³-hybridized carbons (Fsp3) is 0.200. The number of nitrogens with one attached hydrogen (secondary N) is 1. The van der Waals surface area contributed by atoms with Gasteiger partial charge in [0, 0.05) is 16.6 Å². The number of anilines is 3. The molecule has 0 saturated carbocycles. The van der Waals surface area contributed by atoms with Gasteiger partial charge in [0.05, 0.1) is 11.3 Å². The lowest BCUT2D eigenvalue weighted by Gasteiger charge is -2.12. The lowest BCUT2D eigenvalue weighted by atomic mass is 9.95. The van der Waals surface area contributed by atoms with Gasteiger partial charge in [-0.15, -0.1) is 11.3 Å². The number of hydrogen-bond acceptors (Lipinski definition) is 7. The zero-order valence-electron chi connectivity index (χ0n) is 15.7. The molecule has 0 aliphatic heterocycles. The molecule has 0 aliphatic rings. The summed E-state index contributed by atoms with van der Waals surface area (Å²) >= 11 is 1.13. The van der Waals surface area contributed by atoms with Crippen LogP contribution in [0.2, 0.25) is 0 Å². The highest BCUT2D eigenvalue weighted by atomic mass is 32.1. The van der Waals surface area contributed by atoms with Crippen molar-refractivity contribution in [1.29, 1.82) is 5.26 Å². The van der Waals surface area contributed by atoms with E-state index in [0.29, 0.717) is 37.5 Å². The topological polar surface area (TPSA) is 135 Å². The number of Topliss-reactive ketones (excluding diaryl/α,β-unsaturated/α-hetero) is 1. The number of pyridine rings is 1. The molecule has 1 aromatic carbocycles. The number of fused-ring (bicyclic) bond motifs is 1. The largest absolute Gasteiger partial charge is 0.397 e. The van der Waals surface area contributed by atoms with Crippen molar-refractivity contribution in [2.75, 3.05) is 16.8 Å². The second kappa shape index (κ2) is 7.29. The summed E-state index contributed by atoms with van der Waals surface area (Å²) in [6.07, 6.45) is 0. The van der Waals surface area contributed by atoms with E-state index in [1.54, 1.807) is 24.3 Å². The van der Waals surface area contributed by atoms with Gasteiger partial charge in [0.1, 0.15) is 21.6 Å². The van der Waals surface area contributed by atoms with Gasteiger partial charge in [-0.25, -0.2) is 4.98 Å². The molecule has 0 aliphatic carbocycles. The van der Waals surface area contributed by atoms with Crippen LogP contribution in [0, 0.1) is 11.3 Å². The monoisotopic (exact) mass is 393 g/mol. The van der Waals surface area contributed by atoms with E-state index in [0.717, 1.165) is 11.3 Å². The van der Waals surface area contributed by atoms with E-state index in [4.69, 9.17) is 11.5 Å². The molecule has 8 heteroatoms. The molecular weight excluding hydrogens is 374 g/mol. The summed E-state index contributed by atoms with van der Waals surface area (Å²) in [4.78, 5) is 29.2. The van der Waals surface area contributed by atoms with Crippen molar-refractivity contribution < 1.29 is 9.59 Å². The van der Waals surface area contributed by atoms with Gasteiger partial charge in [-0.05, 0) is 42.7 Å². The maximum Gasteiger partial charge on any atom is 0.267 e. The quantitative estimate of drug-likeness (QED) is 0.575. The van der Waals surface area contributed by atoms with Crippen molar-refractivity contribution in [1.82, 2.24) is 4.98 Å². The number of hydrogen-bond donors (Lipinski definition) is 3. The number of nitriles is 1. The Labute approximate surface area is 166 Å². The van der Waals surface area contributed by atoms with Crippen LogP contribution in [0.25, 0.3) is 10.2 Å². The van der Waals surface area contributed by atoms with Crippen LogP contribution in [0.4, 0.5) is 17.2 Å². The predicted molar refractivity (Wildman–Crippen MR) is 112 cm³/mol. The van der Waals surface area contributed by atoms with E-state index in [1.165, 1.54) is 6.92 Å². The molecule has 3 rings (SSSR count). The Balaban J connectivity index is 2.05. The minimum Gasteiger partial charge on any atom is -0.397 e. The smallest absolute Gasteiger partial charge is 0.267 e. The molecule has 2 heterocycles. The number of nitrogen functional groups attached to an aromatic ring is 2. The van der Waals surface area contributed by atoms with Gasteiger partial charge in [0.25, 0.3) is 5.91 Å². The molecule has 7 nitrogen and oxygen atoms in total. The van der Waals surface area contributed by atoms with Crippen LogP contribution in [0.15, 0.2) is 24.3 Å². The second-order valence-electron chi connectivity index (χ2n) is 6.66. The molecule has 0 fully saturated rings. The average Bonchev–Trinajstić information content (AvgIpc) is 2.97. The maximum absolute atomic E-state index is 12.8. The summed E-state index contributed by atoms with van der Waals surface area (Å²) in [7, 11) is 0. The van der Waals surface area contributed by atoms with Gasteiger partial charge in [-0.2, -0.15) is 5.26 Å². The van der Waals surface area contributed by atoms with Gasteiger partial charge >= 0.3 is 0 Å². The van der Waals surface area contributed by atoms with E-state index >= 15 is 0 Å². The zero-order valence-corrected chi connectivity index (χ0v) is 16.5. The fourth-order valence-electron chi connectivity index (χ4n) is 3.04. The normalized spacial score (nSPS) is 10.8. The average molecular weight is 393 g/mol. The molecule has 0 bridgehead atoms. The van der Waals surface area contributed by atoms with Crippen LogP contribution >= 0.6 is 11.3 Å². The standard InChI is InChI=1S/C20H19N5O2S/c1-9(2)14-13(8-21)18(23)25-20-15(14)16(22)17(28-20)19(27)24-12-6-4-11(5-7-12)10(3)26/h4-7,9H,22H2,1-3H3,(H2,23,25)(H,24,27). The SMILES string of the molecule is CC(=O)c1ccc(NC(=O)c2sc3nc(N)c(C#N)c(C(C)C)c3c2N)cc1. The van der Waals surface area contributed by atoms with Crippen LogP contribution in [-0.4, -0.2) is 16.7 Å². The lowest BCUT2D eigenvalue weighted by Crippen LogP contribution is -2.12. The van der Waals surface area contributed by atoms with Crippen LogP contribution < -0.4 is 16.8 Å². The highest BCUT2D eigenvalue weighted by Crippen LogP contribution is 2.40. The fourth-order valence-corrected chi connectivity index (χ4v) is 4.05. The summed E-state index contributed by atoms with van der Waals surface area (Å²) in [6.45, 7) is 5.34. The number of ketones is 1. The van der Waals surface area contributed by atoms with E-state index < -0.39 is 0 Å². The van der Waals surface area contributed by atoms with E-state index in [2.05, 4.69) is 16.4 Å². The van der Waals surface area contributed by atoms with Crippen LogP contribution in [0.1, 0.15) is 57.8 Å². The number of carbonyl (C=O) groups excluding carboxylic acids is 2. The van der Waals surface area contributed by atoms with Crippen molar-refractivity contribution in [3.8, 4) is 6.07 Å². The second-order valence-corrected chi connectivity index (χ2v) is 7.66. The first-order valence-electron chi connectivity index (χ1n) is 8.58. The van der Waals surface area contributed by atoms with E-state index in [9.17, 15) is 14.9 Å². The third kappa shape index (κ3) is 3.28. The third-order valence-corrected chi connectivity index (χ3v) is 5.49. The number of nitrogens with two attached hydrogens (primary N) is 2. The summed E-state index contributed by atoms with van der Waals surface area (Å²) in [6, 6.07) is 8.69. The predicted octanol–water partition coefficient (Wildman–Crippen LogP) is 3.91. The first-order chi connectivity index (χ1) is 13.2. The molecule has 3 aromatic rings. The summed E-state index contributed by atoms with van der Waals surface area (Å²) in [5, 5.41) is 12.8. The Bertz CT molecular complexity index is 1140. The van der Waals surface area contributed by atoms with Crippen molar-refractivity contribution in [3.63, 3.8) is 0 Å². The van der Waals surface area contributed by atoms with Gasteiger partial charge in [-0.3, -0.25) is 9.59 Å². The summed E-state index contributed by atoms with van der Waals surface area (Å²) in [5.41, 5.74) is 14.6. The Morgan fingerprint density at radius 3 is 2.39 bits per heavy atom. The van der Waals surface area contributed by atoms with Crippen LogP contribution in [0.5, 0.6) is 0 Å². The number of amides is 1. The number of thiophene rings is 1. The van der Waals surface area contributed by atoms with Gasteiger partial charge in [0.15, 0.2) is 5.78 Å². The molecule has 2 aromatic heterocycles. The van der Waals surface area contributed by atoms with Crippen LogP contribution in [-0.2, 0) is 0 Å². The molecule has 142 valence electrons. The Hall–Kier alpha value is -3.44. The number of nitrogens with zero attached hydrogens (tertiary/aromatic N) is 2. The van der Waals surface area contributed by atoms with E-state index in [1.807, 2.05) is 13.8 Å². The first-order valence-corrected chi connectivity index (χ1v) is 9.40. The molecule has 5 N–H and O–H groups in total. The van der Waals surface area contributed by atoms with Gasteiger partial charge < -0.3 is 16.8 Å².